The largest absolute Gasteiger partial charge is 0.332 e. The number of sulfonamides is 1. The highest BCUT2D eigenvalue weighted by molar-refractivity contribution is 7.92. The number of halogens is 1. The fourth-order valence-corrected chi connectivity index (χ4v) is 5.30. The van der Waals surface area contributed by atoms with Gasteiger partial charge in [0.2, 0.25) is 5.91 Å². The van der Waals surface area contributed by atoms with E-state index in [1.54, 1.807) is 42.5 Å². The minimum atomic E-state index is -3.67. The minimum absolute atomic E-state index is 0.102. The quantitative estimate of drug-likeness (QED) is 0.397. The van der Waals surface area contributed by atoms with Crippen molar-refractivity contribution in [3.05, 3.63) is 95.0 Å². The first-order chi connectivity index (χ1) is 15.8. The van der Waals surface area contributed by atoms with Crippen molar-refractivity contribution in [2.45, 2.75) is 11.3 Å². The molecule has 0 fully saturated rings. The van der Waals surface area contributed by atoms with E-state index in [1.807, 2.05) is 24.3 Å². The summed E-state index contributed by atoms with van der Waals surface area (Å²) < 4.78 is 27.6. The molecule has 0 aromatic heterocycles. The Morgan fingerprint density at radius 3 is 2.42 bits per heavy atom. The standard InChI is InChI=1S/C24H20ClN3O3S2/c25-19-8-5-17(6-9-19)7-14-23(29)27-24(32)26-20-10-12-21(13-11-20)33(30,31)28-16-15-18-3-1-2-4-22(18)28/h1-14H,15-16H2,(H2,26,27,29,32)/b14-7+. The van der Waals surface area contributed by atoms with Crippen LogP contribution in [0.25, 0.3) is 6.08 Å². The molecule has 0 atom stereocenters. The van der Waals surface area contributed by atoms with Crippen LogP contribution < -0.4 is 14.9 Å². The molecule has 0 radical (unpaired) electrons. The van der Waals surface area contributed by atoms with E-state index in [0.717, 1.165) is 16.8 Å². The number of anilines is 2. The van der Waals surface area contributed by atoms with Crippen LogP contribution in [0.1, 0.15) is 11.1 Å². The van der Waals surface area contributed by atoms with Crippen molar-refractivity contribution in [2.75, 3.05) is 16.2 Å². The van der Waals surface area contributed by atoms with E-state index in [-0.39, 0.29) is 10.0 Å². The van der Waals surface area contributed by atoms with Gasteiger partial charge in [-0.3, -0.25) is 14.4 Å². The first-order valence-corrected chi connectivity index (χ1v) is 12.3. The van der Waals surface area contributed by atoms with Gasteiger partial charge in [0.05, 0.1) is 10.6 Å². The second-order valence-electron chi connectivity index (χ2n) is 7.31. The fourth-order valence-electron chi connectivity index (χ4n) is 3.46. The van der Waals surface area contributed by atoms with Gasteiger partial charge in [-0.2, -0.15) is 0 Å². The normalized spacial score (nSPS) is 13.1. The van der Waals surface area contributed by atoms with Crippen LogP contribution in [0.15, 0.2) is 83.8 Å². The molecule has 6 nitrogen and oxygen atoms in total. The molecule has 0 saturated heterocycles. The van der Waals surface area contributed by atoms with Gasteiger partial charge in [-0.15, -0.1) is 0 Å². The van der Waals surface area contributed by atoms with Crippen molar-refractivity contribution in [3.8, 4) is 0 Å². The monoisotopic (exact) mass is 497 g/mol. The average molecular weight is 498 g/mol. The van der Waals surface area contributed by atoms with Crippen LogP contribution in [-0.4, -0.2) is 26.0 Å². The van der Waals surface area contributed by atoms with Gasteiger partial charge in [0.25, 0.3) is 10.0 Å². The molecule has 1 aliphatic rings. The summed E-state index contributed by atoms with van der Waals surface area (Å²) >= 11 is 11.0. The Hall–Kier alpha value is -3.20. The summed E-state index contributed by atoms with van der Waals surface area (Å²) in [5, 5.41) is 6.15. The van der Waals surface area contributed by atoms with Crippen molar-refractivity contribution >= 4 is 62.3 Å². The number of nitrogens with zero attached hydrogens (tertiary/aromatic N) is 1. The second kappa shape index (κ2) is 9.74. The van der Waals surface area contributed by atoms with E-state index in [9.17, 15) is 13.2 Å². The molecular formula is C24H20ClN3O3S2. The molecule has 9 heteroatoms. The maximum absolute atomic E-state index is 13.1. The number of hydrogen-bond donors (Lipinski definition) is 2. The Bertz CT molecular complexity index is 1320. The lowest BCUT2D eigenvalue weighted by atomic mass is 10.2. The number of benzene rings is 3. The summed E-state index contributed by atoms with van der Waals surface area (Å²) in [4.78, 5) is 12.3. The highest BCUT2D eigenvalue weighted by atomic mass is 35.5. The van der Waals surface area contributed by atoms with E-state index in [1.165, 1.54) is 22.5 Å². The van der Waals surface area contributed by atoms with Gasteiger partial charge in [0, 0.05) is 23.3 Å². The molecule has 0 aliphatic carbocycles. The van der Waals surface area contributed by atoms with Crippen molar-refractivity contribution in [2.24, 2.45) is 0 Å². The Morgan fingerprint density at radius 2 is 1.70 bits per heavy atom. The van der Waals surface area contributed by atoms with Crippen LogP contribution in [0.4, 0.5) is 11.4 Å². The van der Waals surface area contributed by atoms with E-state index >= 15 is 0 Å². The molecule has 0 unspecified atom stereocenters. The van der Waals surface area contributed by atoms with E-state index in [4.69, 9.17) is 23.8 Å². The molecule has 33 heavy (non-hydrogen) atoms. The molecule has 1 amide bonds. The summed E-state index contributed by atoms with van der Waals surface area (Å²) in [6.07, 6.45) is 3.70. The van der Waals surface area contributed by atoms with Crippen molar-refractivity contribution in [1.29, 1.82) is 0 Å². The zero-order valence-electron chi connectivity index (χ0n) is 17.4. The number of nitrogens with one attached hydrogen (secondary N) is 2. The number of carbonyl (C=O) groups is 1. The topological polar surface area (TPSA) is 78.5 Å². The number of hydrogen-bond acceptors (Lipinski definition) is 4. The molecule has 1 aliphatic heterocycles. The number of carbonyl (C=O) groups excluding carboxylic acids is 1. The zero-order chi connectivity index (χ0) is 23.4. The van der Waals surface area contributed by atoms with Gasteiger partial charge in [-0.05, 0) is 78.3 Å². The number of rotatable bonds is 5. The minimum Gasteiger partial charge on any atom is -0.332 e. The number of thiocarbonyl (C=S) groups is 1. The summed E-state index contributed by atoms with van der Waals surface area (Å²) in [7, 11) is -3.67. The Balaban J connectivity index is 1.37. The molecule has 0 bridgehead atoms. The third-order valence-corrected chi connectivity index (χ3v) is 7.36. The molecule has 2 N–H and O–H groups in total. The first kappa shape index (κ1) is 23.0. The molecule has 168 valence electrons. The van der Waals surface area contributed by atoms with Gasteiger partial charge in [-0.25, -0.2) is 8.42 Å². The van der Waals surface area contributed by atoms with Crippen LogP contribution in [0.2, 0.25) is 5.02 Å². The summed E-state index contributed by atoms with van der Waals surface area (Å²) in [6, 6.07) is 20.8. The maximum Gasteiger partial charge on any atom is 0.264 e. The maximum atomic E-state index is 13.1. The van der Waals surface area contributed by atoms with Gasteiger partial charge in [0.15, 0.2) is 5.11 Å². The van der Waals surface area contributed by atoms with Crippen LogP contribution in [0.3, 0.4) is 0 Å². The Kier molecular flexibility index (Phi) is 6.78. The fraction of sp³-hybridized carbons (Fsp3) is 0.0833. The summed E-state index contributed by atoms with van der Waals surface area (Å²) in [6.45, 7) is 0.418. The molecule has 0 saturated carbocycles. The lowest BCUT2D eigenvalue weighted by molar-refractivity contribution is -0.115. The van der Waals surface area contributed by atoms with Crippen molar-refractivity contribution in [1.82, 2.24) is 5.32 Å². The van der Waals surface area contributed by atoms with Crippen LogP contribution in [0, 0.1) is 0 Å². The van der Waals surface area contributed by atoms with E-state index in [2.05, 4.69) is 10.6 Å². The predicted octanol–water partition coefficient (Wildman–Crippen LogP) is 4.62. The average Bonchev–Trinajstić information content (AvgIpc) is 3.24. The number of para-hydroxylation sites is 1. The molecule has 0 spiro atoms. The van der Waals surface area contributed by atoms with Crippen LogP contribution in [0.5, 0.6) is 0 Å². The van der Waals surface area contributed by atoms with Crippen molar-refractivity contribution in [3.63, 3.8) is 0 Å². The first-order valence-electron chi connectivity index (χ1n) is 10.1. The molecule has 4 rings (SSSR count). The third kappa shape index (κ3) is 5.42. The van der Waals surface area contributed by atoms with Crippen molar-refractivity contribution < 1.29 is 13.2 Å². The number of amides is 1. The van der Waals surface area contributed by atoms with E-state index < -0.39 is 15.9 Å². The predicted molar refractivity (Wildman–Crippen MR) is 136 cm³/mol. The van der Waals surface area contributed by atoms with Crippen LogP contribution in [-0.2, 0) is 21.2 Å². The highest BCUT2D eigenvalue weighted by Gasteiger charge is 2.30. The Labute approximate surface area is 202 Å². The molecular weight excluding hydrogens is 478 g/mol. The summed E-state index contributed by atoms with van der Waals surface area (Å²) in [5.74, 6) is -0.394. The van der Waals surface area contributed by atoms with Gasteiger partial charge >= 0.3 is 0 Å². The van der Waals surface area contributed by atoms with Crippen LogP contribution >= 0.6 is 23.8 Å². The second-order valence-corrected chi connectivity index (χ2v) is 10.0. The number of fused-ring (bicyclic) bond motifs is 1. The summed E-state index contributed by atoms with van der Waals surface area (Å²) in [5.41, 5.74) is 3.12. The smallest absolute Gasteiger partial charge is 0.264 e. The third-order valence-electron chi connectivity index (χ3n) is 5.08. The molecule has 3 aromatic rings. The van der Waals surface area contributed by atoms with Gasteiger partial charge in [0.1, 0.15) is 0 Å². The highest BCUT2D eigenvalue weighted by Crippen LogP contribution is 2.32. The lowest BCUT2D eigenvalue weighted by Gasteiger charge is -2.19. The Morgan fingerprint density at radius 1 is 1.00 bits per heavy atom. The van der Waals surface area contributed by atoms with E-state index in [0.29, 0.717) is 23.7 Å². The van der Waals surface area contributed by atoms with Gasteiger partial charge < -0.3 is 5.32 Å². The SMILES string of the molecule is O=C(/C=C/c1ccc(Cl)cc1)NC(=S)Nc1ccc(S(=O)(=O)N2CCc3ccccc32)cc1. The molecule has 1 heterocycles. The van der Waals surface area contributed by atoms with Gasteiger partial charge in [-0.1, -0.05) is 41.9 Å². The molecule has 3 aromatic carbocycles. The zero-order valence-corrected chi connectivity index (χ0v) is 19.8. The lowest BCUT2D eigenvalue weighted by Crippen LogP contribution is -2.32.